The lowest BCUT2D eigenvalue weighted by Gasteiger charge is -2.18. The van der Waals surface area contributed by atoms with E-state index in [-0.39, 0.29) is 30.7 Å². The molecule has 1 aromatic rings. The molecule has 0 bridgehead atoms. The van der Waals surface area contributed by atoms with E-state index < -0.39 is 0 Å². The molecule has 0 aliphatic rings. The van der Waals surface area contributed by atoms with Crippen molar-refractivity contribution in [3.05, 3.63) is 29.8 Å². The van der Waals surface area contributed by atoms with Crippen LogP contribution in [0, 0.1) is 0 Å². The van der Waals surface area contributed by atoms with E-state index in [1.54, 1.807) is 12.1 Å². The zero-order valence-electron chi connectivity index (χ0n) is 13.2. The van der Waals surface area contributed by atoms with Gasteiger partial charge in [-0.2, -0.15) is 0 Å². The number of hydrogen-bond donors (Lipinski definition) is 2. The Labute approximate surface area is 145 Å². The van der Waals surface area contributed by atoms with Crippen LogP contribution in [0.5, 0.6) is 5.75 Å². The Kier molecular flexibility index (Phi) is 14.4. The second kappa shape index (κ2) is 13.6. The smallest absolute Gasteiger partial charge is 0.251 e. The van der Waals surface area contributed by atoms with Crippen molar-refractivity contribution in [1.29, 1.82) is 0 Å². The molecule has 1 rings (SSSR count). The van der Waals surface area contributed by atoms with Crippen molar-refractivity contribution in [1.82, 2.24) is 10.2 Å². The van der Waals surface area contributed by atoms with Gasteiger partial charge in [0.2, 0.25) is 0 Å². The van der Waals surface area contributed by atoms with Crippen molar-refractivity contribution in [3.8, 4) is 5.75 Å². The molecule has 22 heavy (non-hydrogen) atoms. The second-order valence-corrected chi connectivity index (χ2v) is 4.44. The topological polar surface area (TPSA) is 67.6 Å². The fourth-order valence-electron chi connectivity index (χ4n) is 1.82. The van der Waals surface area contributed by atoms with Gasteiger partial charge in [-0.05, 0) is 37.4 Å². The normalized spacial score (nSPS) is 9.64. The molecule has 0 spiro atoms. The van der Waals surface area contributed by atoms with Gasteiger partial charge in [-0.3, -0.25) is 4.79 Å². The monoisotopic (exact) mass is 351 g/mol. The van der Waals surface area contributed by atoms with Crippen LogP contribution in [-0.2, 0) is 0 Å². The lowest BCUT2D eigenvalue weighted by atomic mass is 10.2. The maximum absolute atomic E-state index is 11.7. The van der Waals surface area contributed by atoms with Crippen molar-refractivity contribution in [2.24, 2.45) is 5.73 Å². The van der Waals surface area contributed by atoms with Gasteiger partial charge < -0.3 is 20.7 Å². The van der Waals surface area contributed by atoms with Gasteiger partial charge in [0.25, 0.3) is 5.91 Å². The molecule has 0 atom stereocenters. The molecule has 0 aromatic heterocycles. The van der Waals surface area contributed by atoms with Gasteiger partial charge in [-0.25, -0.2) is 0 Å². The molecule has 128 valence electrons. The second-order valence-electron chi connectivity index (χ2n) is 4.44. The number of carbonyl (C=O) groups is 1. The number of nitrogens with two attached hydrogens (primary N) is 1. The summed E-state index contributed by atoms with van der Waals surface area (Å²) in [4.78, 5) is 14.0. The van der Waals surface area contributed by atoms with Crippen LogP contribution in [0.3, 0.4) is 0 Å². The highest BCUT2D eigenvalue weighted by atomic mass is 35.5. The van der Waals surface area contributed by atoms with Crippen LogP contribution in [0.25, 0.3) is 0 Å². The number of carbonyl (C=O) groups excluding carboxylic acids is 1. The van der Waals surface area contributed by atoms with Crippen molar-refractivity contribution >= 4 is 30.7 Å². The summed E-state index contributed by atoms with van der Waals surface area (Å²) in [5.41, 5.74) is 5.96. The first-order valence-electron chi connectivity index (χ1n) is 7.14. The molecular formula is C15H27Cl2N3O2. The molecule has 0 aliphatic carbocycles. The molecule has 0 saturated carbocycles. The van der Waals surface area contributed by atoms with Crippen LogP contribution in [0.15, 0.2) is 24.3 Å². The van der Waals surface area contributed by atoms with Crippen molar-refractivity contribution in [2.75, 3.05) is 39.3 Å². The predicted octanol–water partition coefficient (Wildman–Crippen LogP) is 1.94. The number of ether oxygens (including phenoxy) is 1. The Morgan fingerprint density at radius 1 is 1.18 bits per heavy atom. The Balaban J connectivity index is 0. The zero-order valence-corrected chi connectivity index (χ0v) is 14.8. The van der Waals surface area contributed by atoms with Gasteiger partial charge in [0.05, 0.1) is 0 Å². The van der Waals surface area contributed by atoms with Crippen LogP contribution in [0.4, 0.5) is 0 Å². The lowest BCUT2D eigenvalue weighted by molar-refractivity contribution is 0.0954. The third kappa shape index (κ3) is 8.44. The number of benzene rings is 1. The summed E-state index contributed by atoms with van der Waals surface area (Å²) < 4.78 is 5.66. The molecule has 1 amide bonds. The van der Waals surface area contributed by atoms with Crippen LogP contribution >= 0.6 is 24.8 Å². The summed E-state index contributed by atoms with van der Waals surface area (Å²) in [6.45, 7) is 8.82. The number of nitrogens with zero attached hydrogens (tertiary/aromatic N) is 1. The number of amides is 1. The van der Waals surface area contributed by atoms with E-state index in [0.29, 0.717) is 25.3 Å². The average Bonchev–Trinajstić information content (AvgIpc) is 2.50. The van der Waals surface area contributed by atoms with Gasteiger partial charge in [-0.1, -0.05) is 13.8 Å². The van der Waals surface area contributed by atoms with E-state index in [4.69, 9.17) is 10.5 Å². The van der Waals surface area contributed by atoms with Gasteiger partial charge >= 0.3 is 0 Å². The largest absolute Gasteiger partial charge is 0.492 e. The first kappa shape index (κ1) is 23.3. The Hall–Kier alpha value is -1.01. The fraction of sp³-hybridized carbons (Fsp3) is 0.533. The minimum absolute atomic E-state index is 0. The highest BCUT2D eigenvalue weighted by Gasteiger charge is 2.05. The van der Waals surface area contributed by atoms with Gasteiger partial charge in [0.15, 0.2) is 0 Å². The quantitative estimate of drug-likeness (QED) is 0.713. The number of nitrogens with one attached hydrogen (secondary N) is 1. The van der Waals surface area contributed by atoms with E-state index in [1.165, 1.54) is 0 Å². The van der Waals surface area contributed by atoms with Gasteiger partial charge in [-0.15, -0.1) is 24.8 Å². The van der Waals surface area contributed by atoms with E-state index in [1.807, 2.05) is 12.1 Å². The third-order valence-electron chi connectivity index (χ3n) is 3.12. The molecule has 1 aromatic carbocycles. The Morgan fingerprint density at radius 3 is 2.27 bits per heavy atom. The lowest BCUT2D eigenvalue weighted by Crippen LogP contribution is -2.29. The summed E-state index contributed by atoms with van der Waals surface area (Å²) in [7, 11) is 0. The molecule has 0 heterocycles. The predicted molar refractivity (Wildman–Crippen MR) is 95.6 cm³/mol. The standard InChI is InChI=1S/C15H25N3O2.2ClH/c1-3-18(4-2)11-12-20-14-7-5-13(6-8-14)15(19)17-10-9-16;;/h5-8H,3-4,9-12,16H2,1-2H3,(H,17,19);2*1H. The molecule has 7 heteroatoms. The molecule has 5 nitrogen and oxygen atoms in total. The number of halogens is 2. The number of hydrogen-bond acceptors (Lipinski definition) is 4. The molecule has 0 fully saturated rings. The van der Waals surface area contributed by atoms with Crippen molar-refractivity contribution < 1.29 is 9.53 Å². The van der Waals surface area contributed by atoms with Crippen molar-refractivity contribution in [2.45, 2.75) is 13.8 Å². The SMILES string of the molecule is CCN(CC)CCOc1ccc(C(=O)NCCN)cc1.Cl.Cl. The Morgan fingerprint density at radius 2 is 1.77 bits per heavy atom. The maximum atomic E-state index is 11.7. The summed E-state index contributed by atoms with van der Waals surface area (Å²) in [6, 6.07) is 7.16. The molecular weight excluding hydrogens is 325 g/mol. The van der Waals surface area contributed by atoms with Gasteiger partial charge in [0, 0.05) is 25.2 Å². The van der Waals surface area contributed by atoms with Gasteiger partial charge in [0.1, 0.15) is 12.4 Å². The Bertz CT molecular complexity index is 398. The van der Waals surface area contributed by atoms with E-state index >= 15 is 0 Å². The minimum atomic E-state index is -0.106. The van der Waals surface area contributed by atoms with Crippen LogP contribution in [0.1, 0.15) is 24.2 Å². The molecule has 0 unspecified atom stereocenters. The molecule has 0 saturated heterocycles. The summed E-state index contributed by atoms with van der Waals surface area (Å²) in [5, 5.41) is 2.73. The van der Waals surface area contributed by atoms with Crippen LogP contribution in [-0.4, -0.2) is 50.1 Å². The summed E-state index contributed by atoms with van der Waals surface area (Å²) in [5.74, 6) is 0.678. The van der Waals surface area contributed by atoms with E-state index in [0.717, 1.165) is 25.4 Å². The summed E-state index contributed by atoms with van der Waals surface area (Å²) >= 11 is 0. The first-order valence-corrected chi connectivity index (χ1v) is 7.14. The highest BCUT2D eigenvalue weighted by Crippen LogP contribution is 2.12. The minimum Gasteiger partial charge on any atom is -0.492 e. The first-order chi connectivity index (χ1) is 9.71. The number of rotatable bonds is 9. The zero-order chi connectivity index (χ0) is 14.8. The number of likely N-dealkylation sites (N-methyl/N-ethyl adjacent to an activating group) is 1. The fourth-order valence-corrected chi connectivity index (χ4v) is 1.82. The van der Waals surface area contributed by atoms with Crippen LogP contribution in [0.2, 0.25) is 0 Å². The molecule has 0 aliphatic heterocycles. The van der Waals surface area contributed by atoms with Crippen molar-refractivity contribution in [3.63, 3.8) is 0 Å². The van der Waals surface area contributed by atoms with E-state index in [2.05, 4.69) is 24.1 Å². The maximum Gasteiger partial charge on any atom is 0.251 e. The molecule has 3 N–H and O–H groups in total. The molecule has 0 radical (unpaired) electrons. The summed E-state index contributed by atoms with van der Waals surface area (Å²) in [6.07, 6.45) is 0. The average molecular weight is 352 g/mol. The van der Waals surface area contributed by atoms with Crippen LogP contribution < -0.4 is 15.8 Å². The van der Waals surface area contributed by atoms with E-state index in [9.17, 15) is 4.79 Å². The highest BCUT2D eigenvalue weighted by molar-refractivity contribution is 5.94. The third-order valence-corrected chi connectivity index (χ3v) is 3.12.